The van der Waals surface area contributed by atoms with Crippen LogP contribution in [0.4, 0.5) is 0 Å². The Kier molecular flexibility index (Phi) is 4.02. The molecule has 25 heavy (non-hydrogen) atoms. The molecule has 0 aromatic heterocycles. The fraction of sp³-hybridized carbons (Fsp3) is 0.700. The highest BCUT2D eigenvalue weighted by Gasteiger charge is 2.61. The van der Waals surface area contributed by atoms with Gasteiger partial charge in [-0.2, -0.15) is 0 Å². The van der Waals surface area contributed by atoms with Gasteiger partial charge in [-0.05, 0) is 61.3 Å². The molecule has 1 N–H and O–H groups in total. The van der Waals surface area contributed by atoms with E-state index in [9.17, 15) is 14.7 Å². The Morgan fingerprint density at radius 3 is 2.84 bits per heavy atom. The molecule has 2 aliphatic heterocycles. The van der Waals surface area contributed by atoms with Gasteiger partial charge < -0.3 is 14.6 Å². The number of cyclic esters (lactones) is 2. The van der Waals surface area contributed by atoms with Gasteiger partial charge in [-0.25, -0.2) is 9.59 Å². The van der Waals surface area contributed by atoms with Crippen LogP contribution in [-0.2, 0) is 19.1 Å². The normalized spacial score (nSPS) is 39.9. The van der Waals surface area contributed by atoms with Crippen molar-refractivity contribution in [1.82, 2.24) is 0 Å². The first-order valence-corrected chi connectivity index (χ1v) is 9.34. The van der Waals surface area contributed by atoms with Crippen molar-refractivity contribution in [1.29, 1.82) is 0 Å². The van der Waals surface area contributed by atoms with Crippen molar-refractivity contribution in [2.75, 3.05) is 19.8 Å². The lowest BCUT2D eigenvalue weighted by molar-refractivity contribution is -0.136. The van der Waals surface area contributed by atoms with Crippen LogP contribution in [0.15, 0.2) is 23.3 Å². The number of hydrogen-bond acceptors (Lipinski definition) is 5. The Balaban J connectivity index is 1.63. The molecule has 5 nitrogen and oxygen atoms in total. The SMILES string of the molecule is C[C@]1(CCC2=CC(=O)OC2)[C@H](CO)CC[C@]23COC(=O)C2=CCC[C@@H]31. The quantitative estimate of drug-likeness (QED) is 0.792. The number of esters is 2. The van der Waals surface area contributed by atoms with Crippen LogP contribution < -0.4 is 0 Å². The molecule has 5 heteroatoms. The fourth-order valence-electron chi connectivity index (χ4n) is 5.85. The van der Waals surface area contributed by atoms with Gasteiger partial charge in [0, 0.05) is 23.7 Å². The van der Waals surface area contributed by atoms with E-state index in [0.29, 0.717) is 19.1 Å². The number of aliphatic hydroxyl groups is 1. The second kappa shape index (κ2) is 5.97. The van der Waals surface area contributed by atoms with E-state index in [0.717, 1.165) is 49.7 Å². The molecule has 4 atom stereocenters. The van der Waals surface area contributed by atoms with E-state index < -0.39 is 0 Å². The molecule has 1 saturated carbocycles. The monoisotopic (exact) mass is 346 g/mol. The molecular formula is C20H26O5. The minimum Gasteiger partial charge on any atom is -0.461 e. The van der Waals surface area contributed by atoms with E-state index in [-0.39, 0.29) is 35.3 Å². The van der Waals surface area contributed by atoms with Gasteiger partial charge in [0.2, 0.25) is 0 Å². The van der Waals surface area contributed by atoms with Crippen LogP contribution in [0, 0.1) is 22.7 Å². The highest BCUT2D eigenvalue weighted by Crippen LogP contribution is 2.63. The highest BCUT2D eigenvalue weighted by atomic mass is 16.5. The fourth-order valence-corrected chi connectivity index (χ4v) is 5.85. The van der Waals surface area contributed by atoms with E-state index >= 15 is 0 Å². The van der Waals surface area contributed by atoms with Gasteiger partial charge in [-0.1, -0.05) is 13.0 Å². The number of carbonyl (C=O) groups excluding carboxylic acids is 2. The standard InChI is InChI=1S/C20H26O5/c1-19(7-5-13-9-17(22)24-11-13)14(10-21)6-8-20-12-25-18(23)15(20)3-2-4-16(19)20/h3,9,14,16,21H,2,4-8,10-12H2,1H3/t14-,16+,19-,20-/m0/s1. The van der Waals surface area contributed by atoms with Crippen molar-refractivity contribution >= 4 is 11.9 Å². The van der Waals surface area contributed by atoms with Crippen molar-refractivity contribution < 1.29 is 24.2 Å². The summed E-state index contributed by atoms with van der Waals surface area (Å²) in [5, 5.41) is 10.0. The lowest BCUT2D eigenvalue weighted by atomic mass is 9.46. The molecule has 0 radical (unpaired) electrons. The lowest BCUT2D eigenvalue weighted by Gasteiger charge is -2.57. The molecule has 1 spiro atoms. The zero-order valence-electron chi connectivity index (χ0n) is 14.8. The van der Waals surface area contributed by atoms with E-state index in [2.05, 4.69) is 13.0 Å². The molecule has 2 fully saturated rings. The maximum absolute atomic E-state index is 12.2. The first-order valence-electron chi connectivity index (χ1n) is 9.34. The smallest absolute Gasteiger partial charge is 0.334 e. The summed E-state index contributed by atoms with van der Waals surface area (Å²) in [7, 11) is 0. The highest BCUT2D eigenvalue weighted by molar-refractivity contribution is 5.92. The van der Waals surface area contributed by atoms with E-state index in [1.165, 1.54) is 0 Å². The first-order chi connectivity index (χ1) is 12.0. The maximum Gasteiger partial charge on any atom is 0.334 e. The van der Waals surface area contributed by atoms with Gasteiger partial charge in [-0.15, -0.1) is 0 Å². The molecule has 2 heterocycles. The number of aliphatic hydroxyl groups excluding tert-OH is 1. The lowest BCUT2D eigenvalue weighted by Crippen LogP contribution is -2.53. The van der Waals surface area contributed by atoms with Gasteiger partial charge in [-0.3, -0.25) is 0 Å². The Labute approximate surface area is 148 Å². The van der Waals surface area contributed by atoms with E-state index in [4.69, 9.17) is 9.47 Å². The second-order valence-corrected chi connectivity index (χ2v) is 8.31. The molecular weight excluding hydrogens is 320 g/mol. The van der Waals surface area contributed by atoms with Crippen molar-refractivity contribution in [3.05, 3.63) is 23.3 Å². The predicted molar refractivity (Wildman–Crippen MR) is 90.4 cm³/mol. The van der Waals surface area contributed by atoms with E-state index in [1.54, 1.807) is 6.08 Å². The van der Waals surface area contributed by atoms with Gasteiger partial charge in [0.1, 0.15) is 13.2 Å². The summed E-state index contributed by atoms with van der Waals surface area (Å²) in [4.78, 5) is 23.5. The first kappa shape index (κ1) is 16.8. The van der Waals surface area contributed by atoms with Crippen LogP contribution in [0.25, 0.3) is 0 Å². The summed E-state index contributed by atoms with van der Waals surface area (Å²) in [6, 6.07) is 0. The molecule has 0 aromatic rings. The third-order valence-electron chi connectivity index (χ3n) is 7.28. The summed E-state index contributed by atoms with van der Waals surface area (Å²) >= 11 is 0. The molecule has 1 saturated heterocycles. The molecule has 0 unspecified atom stereocenters. The molecule has 4 aliphatic rings. The number of hydrogen-bond donors (Lipinski definition) is 1. The van der Waals surface area contributed by atoms with Gasteiger partial charge in [0.05, 0.1) is 0 Å². The number of rotatable bonds is 4. The summed E-state index contributed by atoms with van der Waals surface area (Å²) in [6.45, 7) is 3.32. The van der Waals surface area contributed by atoms with Gasteiger partial charge in [0.15, 0.2) is 0 Å². The largest absolute Gasteiger partial charge is 0.461 e. The van der Waals surface area contributed by atoms with Crippen LogP contribution in [0.3, 0.4) is 0 Å². The summed E-state index contributed by atoms with van der Waals surface area (Å²) in [5.74, 6) is 0.149. The molecule has 0 bridgehead atoms. The topological polar surface area (TPSA) is 72.8 Å². The summed E-state index contributed by atoms with van der Waals surface area (Å²) < 4.78 is 10.5. The van der Waals surface area contributed by atoms with Crippen LogP contribution in [0.1, 0.15) is 45.4 Å². The van der Waals surface area contributed by atoms with E-state index in [1.807, 2.05) is 0 Å². The Morgan fingerprint density at radius 1 is 1.28 bits per heavy atom. The summed E-state index contributed by atoms with van der Waals surface area (Å²) in [5.41, 5.74) is 1.66. The predicted octanol–water partition coefficient (Wildman–Crippen LogP) is 2.54. The van der Waals surface area contributed by atoms with Crippen LogP contribution >= 0.6 is 0 Å². The number of ether oxygens (including phenoxy) is 2. The molecule has 0 amide bonds. The minimum absolute atomic E-state index is 0.0764. The Hall–Kier alpha value is -1.62. The molecule has 0 aromatic carbocycles. The maximum atomic E-state index is 12.2. The zero-order chi connectivity index (χ0) is 17.7. The Bertz CT molecular complexity index is 663. The van der Waals surface area contributed by atoms with Crippen LogP contribution in [-0.4, -0.2) is 36.9 Å². The third kappa shape index (κ3) is 2.47. The second-order valence-electron chi connectivity index (χ2n) is 8.31. The zero-order valence-corrected chi connectivity index (χ0v) is 14.8. The van der Waals surface area contributed by atoms with Crippen molar-refractivity contribution in [3.63, 3.8) is 0 Å². The van der Waals surface area contributed by atoms with Gasteiger partial charge in [0.25, 0.3) is 0 Å². The minimum atomic E-state index is -0.253. The number of allylic oxidation sites excluding steroid dienone is 1. The van der Waals surface area contributed by atoms with Crippen molar-refractivity contribution in [3.8, 4) is 0 Å². The third-order valence-corrected chi connectivity index (χ3v) is 7.28. The van der Waals surface area contributed by atoms with Gasteiger partial charge >= 0.3 is 11.9 Å². The van der Waals surface area contributed by atoms with Crippen molar-refractivity contribution in [2.45, 2.75) is 45.4 Å². The molecule has 4 rings (SSSR count). The van der Waals surface area contributed by atoms with Crippen molar-refractivity contribution in [2.24, 2.45) is 22.7 Å². The van der Waals surface area contributed by atoms with Crippen LogP contribution in [0.2, 0.25) is 0 Å². The average Bonchev–Trinajstić information content (AvgIpc) is 3.17. The van der Waals surface area contributed by atoms with Crippen LogP contribution in [0.5, 0.6) is 0 Å². The average molecular weight is 346 g/mol. The molecule has 2 aliphatic carbocycles. The summed E-state index contributed by atoms with van der Waals surface area (Å²) in [6.07, 6.45) is 9.14. The Morgan fingerprint density at radius 2 is 2.12 bits per heavy atom. The number of carbonyl (C=O) groups is 2. The molecule has 136 valence electrons.